The molecule has 6 heteroatoms. The van der Waals surface area contributed by atoms with Crippen molar-refractivity contribution in [1.82, 2.24) is 4.90 Å². The van der Waals surface area contributed by atoms with Crippen LogP contribution >= 0.6 is 0 Å². The third kappa shape index (κ3) is 5.33. The molecule has 176 valence electrons. The zero-order valence-corrected chi connectivity index (χ0v) is 19.0. The van der Waals surface area contributed by atoms with Crippen LogP contribution in [0.2, 0.25) is 0 Å². The van der Waals surface area contributed by atoms with E-state index in [1.165, 1.54) is 12.1 Å². The standard InChI is InChI=1S/C28H28FNO4/c29-23-11-8-20(9-12-23)18-32-25-7-3-4-22(14-25)17-30(24-5-1-2-6-24)28(31)16-21-10-13-26-27(15-21)34-19-33-26/h3-4,7-15,24H,1-2,5-6,16-19H2. The van der Waals surface area contributed by atoms with Crippen LogP contribution in [0.3, 0.4) is 0 Å². The number of nitrogens with zero attached hydrogens (tertiary/aromatic N) is 1. The second kappa shape index (κ2) is 10.2. The minimum Gasteiger partial charge on any atom is -0.489 e. The van der Waals surface area contributed by atoms with Crippen molar-refractivity contribution in [1.29, 1.82) is 0 Å². The summed E-state index contributed by atoms with van der Waals surface area (Å²) in [4.78, 5) is 15.4. The summed E-state index contributed by atoms with van der Waals surface area (Å²) in [5.74, 6) is 2.01. The van der Waals surface area contributed by atoms with Gasteiger partial charge in [0.15, 0.2) is 11.5 Å². The number of fused-ring (bicyclic) bond motifs is 1. The maximum atomic E-state index is 13.4. The number of benzene rings is 3. The molecule has 0 radical (unpaired) electrons. The van der Waals surface area contributed by atoms with Crippen LogP contribution in [-0.4, -0.2) is 23.6 Å². The lowest BCUT2D eigenvalue weighted by molar-refractivity contribution is -0.133. The molecule has 0 atom stereocenters. The third-order valence-corrected chi connectivity index (χ3v) is 6.45. The molecule has 3 aromatic carbocycles. The van der Waals surface area contributed by atoms with E-state index in [0.717, 1.165) is 53.9 Å². The van der Waals surface area contributed by atoms with Crippen LogP contribution < -0.4 is 14.2 Å². The zero-order chi connectivity index (χ0) is 23.3. The van der Waals surface area contributed by atoms with Crippen molar-refractivity contribution < 1.29 is 23.4 Å². The van der Waals surface area contributed by atoms with Crippen LogP contribution in [0.25, 0.3) is 0 Å². The van der Waals surface area contributed by atoms with E-state index in [1.807, 2.05) is 47.4 Å². The molecule has 0 N–H and O–H groups in total. The topological polar surface area (TPSA) is 48.0 Å². The predicted octanol–water partition coefficient (Wildman–Crippen LogP) is 5.65. The molecule has 0 saturated heterocycles. The number of rotatable bonds is 8. The Hall–Kier alpha value is -3.54. The number of ether oxygens (including phenoxy) is 3. The Balaban J connectivity index is 1.27. The maximum absolute atomic E-state index is 13.4. The Bertz CT molecular complexity index is 1140. The van der Waals surface area contributed by atoms with Gasteiger partial charge in [0, 0.05) is 12.6 Å². The summed E-state index contributed by atoms with van der Waals surface area (Å²) in [7, 11) is 0. The molecule has 1 heterocycles. The summed E-state index contributed by atoms with van der Waals surface area (Å²) in [6, 6.07) is 20.1. The number of carbonyl (C=O) groups is 1. The van der Waals surface area contributed by atoms with Crippen LogP contribution in [0.1, 0.15) is 42.4 Å². The molecule has 1 aliphatic heterocycles. The van der Waals surface area contributed by atoms with E-state index in [2.05, 4.69) is 0 Å². The molecule has 1 fully saturated rings. The summed E-state index contributed by atoms with van der Waals surface area (Å²) in [5.41, 5.74) is 2.86. The molecule has 5 nitrogen and oxygen atoms in total. The quantitative estimate of drug-likeness (QED) is 0.435. The third-order valence-electron chi connectivity index (χ3n) is 6.45. The molecule has 1 amide bonds. The van der Waals surface area contributed by atoms with Gasteiger partial charge >= 0.3 is 0 Å². The summed E-state index contributed by atoms with van der Waals surface area (Å²) < 4.78 is 29.9. The Morgan fingerprint density at radius 3 is 2.50 bits per heavy atom. The monoisotopic (exact) mass is 461 g/mol. The predicted molar refractivity (Wildman–Crippen MR) is 126 cm³/mol. The Morgan fingerprint density at radius 1 is 0.912 bits per heavy atom. The largest absolute Gasteiger partial charge is 0.489 e. The number of halogens is 1. The lowest BCUT2D eigenvalue weighted by Crippen LogP contribution is -2.39. The fraction of sp³-hybridized carbons (Fsp3) is 0.321. The Morgan fingerprint density at radius 2 is 1.68 bits per heavy atom. The van der Waals surface area contributed by atoms with Gasteiger partial charge in [0.05, 0.1) is 6.42 Å². The van der Waals surface area contributed by atoms with Crippen molar-refractivity contribution in [2.45, 2.75) is 51.3 Å². The van der Waals surface area contributed by atoms with Gasteiger partial charge in [-0.1, -0.05) is 43.2 Å². The molecule has 0 spiro atoms. The Labute approximate surface area is 199 Å². The van der Waals surface area contributed by atoms with Gasteiger partial charge in [-0.25, -0.2) is 4.39 Å². The maximum Gasteiger partial charge on any atom is 0.231 e. The van der Waals surface area contributed by atoms with E-state index >= 15 is 0 Å². The van der Waals surface area contributed by atoms with Gasteiger partial charge in [0.1, 0.15) is 18.2 Å². The molecule has 2 aliphatic rings. The smallest absolute Gasteiger partial charge is 0.231 e. The van der Waals surface area contributed by atoms with E-state index in [-0.39, 0.29) is 24.6 Å². The van der Waals surface area contributed by atoms with Gasteiger partial charge in [-0.15, -0.1) is 0 Å². The second-order valence-electron chi connectivity index (χ2n) is 8.89. The van der Waals surface area contributed by atoms with Crippen molar-refractivity contribution >= 4 is 5.91 Å². The van der Waals surface area contributed by atoms with Crippen molar-refractivity contribution in [2.24, 2.45) is 0 Å². The van der Waals surface area contributed by atoms with Crippen LogP contribution in [0.15, 0.2) is 66.7 Å². The van der Waals surface area contributed by atoms with E-state index in [9.17, 15) is 9.18 Å². The molecule has 5 rings (SSSR count). The molecule has 0 unspecified atom stereocenters. The van der Waals surface area contributed by atoms with E-state index in [0.29, 0.717) is 25.3 Å². The van der Waals surface area contributed by atoms with Crippen molar-refractivity contribution in [3.05, 3.63) is 89.2 Å². The minimum atomic E-state index is -0.261. The summed E-state index contributed by atoms with van der Waals surface area (Å²) in [6.45, 7) is 1.13. The molecule has 1 saturated carbocycles. The molecule has 0 aromatic heterocycles. The van der Waals surface area contributed by atoms with E-state index in [1.54, 1.807) is 12.1 Å². The van der Waals surface area contributed by atoms with Crippen molar-refractivity contribution in [2.75, 3.05) is 6.79 Å². The highest BCUT2D eigenvalue weighted by Gasteiger charge is 2.27. The molecule has 3 aromatic rings. The van der Waals surface area contributed by atoms with E-state index < -0.39 is 0 Å². The zero-order valence-electron chi connectivity index (χ0n) is 19.0. The van der Waals surface area contributed by atoms with Crippen LogP contribution in [0.5, 0.6) is 17.2 Å². The first-order chi connectivity index (χ1) is 16.6. The average Bonchev–Trinajstić information content (AvgIpc) is 3.54. The summed E-state index contributed by atoms with van der Waals surface area (Å²) in [5, 5.41) is 0. The fourth-order valence-electron chi connectivity index (χ4n) is 4.64. The number of carbonyl (C=O) groups excluding carboxylic acids is 1. The van der Waals surface area contributed by atoms with E-state index in [4.69, 9.17) is 14.2 Å². The van der Waals surface area contributed by atoms with Crippen LogP contribution in [0, 0.1) is 5.82 Å². The number of amides is 1. The fourth-order valence-corrected chi connectivity index (χ4v) is 4.64. The Kier molecular flexibility index (Phi) is 6.65. The van der Waals surface area contributed by atoms with Crippen LogP contribution in [0.4, 0.5) is 4.39 Å². The SMILES string of the molecule is O=C(Cc1ccc2c(c1)OCO2)N(Cc1cccc(OCc2ccc(F)cc2)c1)C1CCCC1. The van der Waals surface area contributed by atoms with Gasteiger partial charge in [-0.05, 0) is 65.9 Å². The lowest BCUT2D eigenvalue weighted by atomic mass is 10.1. The first-order valence-corrected chi connectivity index (χ1v) is 11.8. The lowest BCUT2D eigenvalue weighted by Gasteiger charge is -2.29. The highest BCUT2D eigenvalue weighted by Crippen LogP contribution is 2.33. The van der Waals surface area contributed by atoms with Gasteiger partial charge in [0.2, 0.25) is 12.7 Å². The first-order valence-electron chi connectivity index (χ1n) is 11.8. The summed E-state index contributed by atoms with van der Waals surface area (Å²) >= 11 is 0. The number of hydrogen-bond acceptors (Lipinski definition) is 4. The van der Waals surface area contributed by atoms with Gasteiger partial charge in [0.25, 0.3) is 0 Å². The summed E-state index contributed by atoms with van der Waals surface area (Å²) in [6.07, 6.45) is 4.70. The van der Waals surface area contributed by atoms with Crippen molar-refractivity contribution in [3.8, 4) is 17.2 Å². The highest BCUT2D eigenvalue weighted by atomic mass is 19.1. The second-order valence-corrected chi connectivity index (χ2v) is 8.89. The number of hydrogen-bond donors (Lipinski definition) is 0. The minimum absolute atomic E-state index is 0.114. The van der Waals surface area contributed by atoms with Gasteiger partial charge in [-0.3, -0.25) is 4.79 Å². The highest BCUT2D eigenvalue weighted by molar-refractivity contribution is 5.79. The normalized spacial score (nSPS) is 14.9. The molecule has 34 heavy (non-hydrogen) atoms. The van der Waals surface area contributed by atoms with Crippen LogP contribution in [-0.2, 0) is 24.4 Å². The molecule has 0 bridgehead atoms. The first kappa shape index (κ1) is 22.3. The van der Waals surface area contributed by atoms with Gasteiger partial charge in [-0.2, -0.15) is 0 Å². The average molecular weight is 462 g/mol. The molecular weight excluding hydrogens is 433 g/mol. The molecule has 1 aliphatic carbocycles. The van der Waals surface area contributed by atoms with Gasteiger partial charge < -0.3 is 19.1 Å². The van der Waals surface area contributed by atoms with Crippen molar-refractivity contribution in [3.63, 3.8) is 0 Å². The molecular formula is C28H28FNO4.